The molecular weight excluding hydrogens is 655 g/mol. The van der Waals surface area contributed by atoms with Crippen LogP contribution < -0.4 is 0 Å². The number of nitrogens with zero attached hydrogens (tertiary/aromatic N) is 3. The molecule has 7 aromatic carbocycles. The van der Waals surface area contributed by atoms with Crippen molar-refractivity contribution in [1.29, 1.82) is 0 Å². The highest BCUT2D eigenvalue weighted by molar-refractivity contribution is 5.92. The van der Waals surface area contributed by atoms with E-state index in [1.165, 1.54) is 62.6 Å². The molecule has 0 aliphatic heterocycles. The van der Waals surface area contributed by atoms with Gasteiger partial charge in [0.15, 0.2) is 17.5 Å². The fraction of sp³-hybridized carbons (Fsp3) is 0.157. The van der Waals surface area contributed by atoms with E-state index in [1.807, 2.05) is 0 Å². The zero-order chi connectivity index (χ0) is 36.4. The van der Waals surface area contributed by atoms with Crippen LogP contribution in [0.5, 0.6) is 0 Å². The number of benzene rings is 7. The van der Waals surface area contributed by atoms with E-state index >= 15 is 0 Å². The highest BCUT2D eigenvalue weighted by atomic mass is 15.0. The van der Waals surface area contributed by atoms with Gasteiger partial charge in [0.25, 0.3) is 0 Å². The number of hydrogen-bond donors (Lipinski definition) is 0. The predicted molar refractivity (Wildman–Crippen MR) is 224 cm³/mol. The van der Waals surface area contributed by atoms with Crippen LogP contribution in [0.4, 0.5) is 0 Å². The lowest BCUT2D eigenvalue weighted by Crippen LogP contribution is -2.33. The van der Waals surface area contributed by atoms with Crippen molar-refractivity contribution in [1.82, 2.24) is 15.0 Å². The van der Waals surface area contributed by atoms with E-state index in [4.69, 9.17) is 21.5 Å². The summed E-state index contributed by atoms with van der Waals surface area (Å²) in [5.74, 6) is 2.68. The van der Waals surface area contributed by atoms with E-state index in [-0.39, 0.29) is 5.41 Å². The van der Waals surface area contributed by atoms with Crippen LogP contribution in [0, 0.1) is 12.8 Å². The number of fused-ring (bicyclic) bond motifs is 7. The minimum atomic E-state index is -0.197. The SMILES string of the molecule is C=C1CC(CC)CCC12c1ccccc1-c1cccc(-c3cc(C)cc(-c4nc(-c5ccc6ccccc6c5)nc(-c5ccc6ccccc6c5)n4)c3)c12. The minimum absolute atomic E-state index is 0.197. The van der Waals surface area contributed by atoms with Crippen LogP contribution in [0.25, 0.3) is 78.0 Å². The smallest absolute Gasteiger partial charge is 0.164 e. The number of aryl methyl sites for hydroxylation is 1. The van der Waals surface area contributed by atoms with Gasteiger partial charge in [-0.25, -0.2) is 15.0 Å². The van der Waals surface area contributed by atoms with Gasteiger partial charge in [0.2, 0.25) is 0 Å². The summed E-state index contributed by atoms with van der Waals surface area (Å²) >= 11 is 0. The van der Waals surface area contributed by atoms with Gasteiger partial charge in [-0.15, -0.1) is 0 Å². The standard InChI is InChI=1S/C51H41N3/c1-4-34-24-25-51(33(3)28-34)46-19-10-9-16-44(46)45-18-11-17-43(47(45)51)41-26-32(2)27-42(31-41)50-53-48(39-22-20-35-12-5-7-14-37(35)29-39)52-49(54-50)40-23-21-36-13-6-8-15-38(36)30-40/h5-23,26-27,29-31,34H,3-4,24-25,28H2,1-2H3. The number of rotatable bonds is 5. The van der Waals surface area contributed by atoms with Crippen LogP contribution >= 0.6 is 0 Å². The quantitative estimate of drug-likeness (QED) is 0.168. The van der Waals surface area contributed by atoms with Crippen LogP contribution in [0.2, 0.25) is 0 Å². The monoisotopic (exact) mass is 695 g/mol. The van der Waals surface area contributed by atoms with Gasteiger partial charge in [-0.2, -0.15) is 0 Å². The molecule has 1 spiro atoms. The second kappa shape index (κ2) is 12.7. The van der Waals surface area contributed by atoms with Gasteiger partial charge < -0.3 is 0 Å². The number of hydrogen-bond acceptors (Lipinski definition) is 3. The van der Waals surface area contributed by atoms with Crippen molar-refractivity contribution in [2.24, 2.45) is 5.92 Å². The molecule has 54 heavy (non-hydrogen) atoms. The molecule has 1 fully saturated rings. The average molecular weight is 696 g/mol. The molecular formula is C51H41N3. The molecule has 1 saturated carbocycles. The molecule has 0 amide bonds. The van der Waals surface area contributed by atoms with E-state index < -0.39 is 0 Å². The van der Waals surface area contributed by atoms with Crippen molar-refractivity contribution >= 4 is 21.5 Å². The van der Waals surface area contributed by atoms with Gasteiger partial charge in [-0.3, -0.25) is 0 Å². The van der Waals surface area contributed by atoms with Crippen molar-refractivity contribution in [3.8, 4) is 56.4 Å². The Morgan fingerprint density at radius 2 is 1.11 bits per heavy atom. The molecule has 0 bridgehead atoms. The predicted octanol–water partition coefficient (Wildman–Crippen LogP) is 13.2. The third-order valence-electron chi connectivity index (χ3n) is 12.1. The molecule has 2 aliphatic carbocycles. The first-order valence-electron chi connectivity index (χ1n) is 19.3. The van der Waals surface area contributed by atoms with Crippen molar-refractivity contribution < 1.29 is 0 Å². The molecule has 2 atom stereocenters. The molecule has 0 saturated heterocycles. The summed E-state index contributed by atoms with van der Waals surface area (Å²) in [6.45, 7) is 9.36. The maximum absolute atomic E-state index is 5.23. The average Bonchev–Trinajstić information content (AvgIpc) is 3.51. The Morgan fingerprint density at radius 3 is 1.76 bits per heavy atom. The van der Waals surface area contributed by atoms with Crippen molar-refractivity contribution in [3.05, 3.63) is 174 Å². The molecule has 0 N–H and O–H groups in total. The lowest BCUT2D eigenvalue weighted by atomic mass is 9.61. The maximum atomic E-state index is 5.23. The van der Waals surface area contributed by atoms with Gasteiger partial charge in [-0.05, 0) is 117 Å². The summed E-state index contributed by atoms with van der Waals surface area (Å²) in [7, 11) is 0. The molecule has 260 valence electrons. The zero-order valence-corrected chi connectivity index (χ0v) is 30.8. The summed E-state index contributed by atoms with van der Waals surface area (Å²) in [5, 5.41) is 4.69. The third-order valence-corrected chi connectivity index (χ3v) is 12.1. The Hall–Kier alpha value is -6.19. The zero-order valence-electron chi connectivity index (χ0n) is 30.8. The minimum Gasteiger partial charge on any atom is -0.208 e. The van der Waals surface area contributed by atoms with Crippen molar-refractivity contribution in [2.45, 2.75) is 44.9 Å². The normalized spacial score (nSPS) is 17.6. The molecule has 3 nitrogen and oxygen atoms in total. The van der Waals surface area contributed by atoms with Crippen LogP contribution in [-0.4, -0.2) is 15.0 Å². The third kappa shape index (κ3) is 5.21. The van der Waals surface area contributed by atoms with E-state index in [0.29, 0.717) is 23.4 Å². The number of aromatic nitrogens is 3. The molecule has 2 aliphatic rings. The van der Waals surface area contributed by atoms with Gasteiger partial charge >= 0.3 is 0 Å². The summed E-state index contributed by atoms with van der Waals surface area (Å²) in [6.07, 6.45) is 4.55. The molecule has 8 aromatic rings. The Bertz CT molecular complexity index is 2700. The molecule has 0 radical (unpaired) electrons. The Labute approximate surface area is 317 Å². The van der Waals surface area contributed by atoms with Crippen LogP contribution in [-0.2, 0) is 5.41 Å². The highest BCUT2D eigenvalue weighted by Crippen LogP contribution is 2.60. The summed E-state index contributed by atoms with van der Waals surface area (Å²) in [6, 6.07) is 52.5. The maximum Gasteiger partial charge on any atom is 0.164 e. The van der Waals surface area contributed by atoms with Gasteiger partial charge in [-0.1, -0.05) is 147 Å². The fourth-order valence-corrected chi connectivity index (χ4v) is 9.39. The molecule has 2 unspecified atom stereocenters. The van der Waals surface area contributed by atoms with E-state index in [0.717, 1.165) is 45.9 Å². The first-order chi connectivity index (χ1) is 26.5. The van der Waals surface area contributed by atoms with Gasteiger partial charge in [0.1, 0.15) is 0 Å². The van der Waals surface area contributed by atoms with E-state index in [1.54, 1.807) is 0 Å². The highest BCUT2D eigenvalue weighted by Gasteiger charge is 2.48. The van der Waals surface area contributed by atoms with Crippen molar-refractivity contribution in [2.75, 3.05) is 0 Å². The summed E-state index contributed by atoms with van der Waals surface area (Å²) in [5.41, 5.74) is 13.2. The van der Waals surface area contributed by atoms with Crippen LogP contribution in [0.15, 0.2) is 158 Å². The molecule has 1 aromatic heterocycles. The Balaban J connectivity index is 1.16. The van der Waals surface area contributed by atoms with Crippen LogP contribution in [0.1, 0.15) is 49.3 Å². The Morgan fingerprint density at radius 1 is 0.556 bits per heavy atom. The van der Waals surface area contributed by atoms with Crippen molar-refractivity contribution in [3.63, 3.8) is 0 Å². The van der Waals surface area contributed by atoms with Gasteiger partial charge in [0, 0.05) is 22.1 Å². The second-order valence-electron chi connectivity index (χ2n) is 15.3. The topological polar surface area (TPSA) is 38.7 Å². The lowest BCUT2D eigenvalue weighted by Gasteiger charge is -2.42. The number of allylic oxidation sites excluding steroid dienone is 1. The van der Waals surface area contributed by atoms with E-state index in [2.05, 4.69) is 159 Å². The first kappa shape index (κ1) is 32.5. The fourth-order valence-electron chi connectivity index (χ4n) is 9.39. The molecule has 3 heteroatoms. The Kier molecular flexibility index (Phi) is 7.66. The molecule has 10 rings (SSSR count). The van der Waals surface area contributed by atoms with E-state index in [9.17, 15) is 0 Å². The summed E-state index contributed by atoms with van der Waals surface area (Å²) in [4.78, 5) is 15.6. The first-order valence-corrected chi connectivity index (χ1v) is 19.3. The summed E-state index contributed by atoms with van der Waals surface area (Å²) < 4.78 is 0. The molecule has 1 heterocycles. The largest absolute Gasteiger partial charge is 0.208 e. The second-order valence-corrected chi connectivity index (χ2v) is 15.3. The van der Waals surface area contributed by atoms with Crippen LogP contribution in [0.3, 0.4) is 0 Å². The van der Waals surface area contributed by atoms with Gasteiger partial charge in [0.05, 0.1) is 0 Å². The lowest BCUT2D eigenvalue weighted by molar-refractivity contribution is 0.339.